The third kappa shape index (κ3) is 4.94. The molecule has 0 aliphatic heterocycles. The lowest BCUT2D eigenvalue weighted by Gasteiger charge is -2.17. The summed E-state index contributed by atoms with van der Waals surface area (Å²) in [5, 5.41) is 1.16. The molecular weight excluding hydrogens is 259 g/mol. The molecule has 0 atom stereocenters. The normalized spacial score (nSPS) is 10.4. The van der Waals surface area contributed by atoms with E-state index in [2.05, 4.69) is 0 Å². The molecule has 0 bridgehead atoms. The van der Waals surface area contributed by atoms with Crippen LogP contribution in [0.4, 0.5) is 0 Å². The van der Waals surface area contributed by atoms with Gasteiger partial charge >= 0.3 is 0 Å². The molecule has 0 saturated carbocycles. The molecule has 5 heteroatoms. The van der Waals surface area contributed by atoms with Crippen molar-refractivity contribution in [2.24, 2.45) is 5.73 Å². The zero-order valence-corrected chi connectivity index (χ0v) is 11.3. The number of nitrogens with zero attached hydrogens (tertiary/aromatic N) is 1. The summed E-state index contributed by atoms with van der Waals surface area (Å²) in [7, 11) is 1.76. The first-order valence-electron chi connectivity index (χ1n) is 5.42. The van der Waals surface area contributed by atoms with Gasteiger partial charge in [0.2, 0.25) is 5.91 Å². The van der Waals surface area contributed by atoms with Crippen molar-refractivity contribution in [2.75, 3.05) is 13.6 Å². The van der Waals surface area contributed by atoms with E-state index >= 15 is 0 Å². The zero-order chi connectivity index (χ0) is 12.8. The van der Waals surface area contributed by atoms with Crippen LogP contribution in [0.1, 0.15) is 18.4 Å². The van der Waals surface area contributed by atoms with E-state index in [9.17, 15) is 4.79 Å². The molecule has 1 aromatic rings. The first-order valence-corrected chi connectivity index (χ1v) is 6.17. The van der Waals surface area contributed by atoms with Crippen LogP contribution in [0.5, 0.6) is 0 Å². The SMILES string of the molecule is CN(Cc1cc(Cl)cc(Cl)c1)C(=O)CCCN. The molecule has 0 aromatic heterocycles. The van der Waals surface area contributed by atoms with E-state index in [0.717, 1.165) is 5.56 Å². The molecule has 0 unspecified atom stereocenters. The fraction of sp³-hybridized carbons (Fsp3) is 0.417. The average Bonchev–Trinajstić information content (AvgIpc) is 2.24. The minimum atomic E-state index is 0.0755. The van der Waals surface area contributed by atoms with Crippen molar-refractivity contribution in [2.45, 2.75) is 19.4 Å². The molecule has 0 radical (unpaired) electrons. The Labute approximate surface area is 111 Å². The Morgan fingerprint density at radius 1 is 1.29 bits per heavy atom. The highest BCUT2D eigenvalue weighted by Gasteiger charge is 2.09. The van der Waals surface area contributed by atoms with E-state index in [1.807, 2.05) is 0 Å². The summed E-state index contributed by atoms with van der Waals surface area (Å²) < 4.78 is 0. The Morgan fingerprint density at radius 3 is 2.41 bits per heavy atom. The van der Waals surface area contributed by atoms with Crippen LogP contribution >= 0.6 is 23.2 Å². The molecule has 1 aromatic carbocycles. The van der Waals surface area contributed by atoms with Gasteiger partial charge in [0.25, 0.3) is 0 Å². The summed E-state index contributed by atoms with van der Waals surface area (Å²) in [6, 6.07) is 5.28. The van der Waals surface area contributed by atoms with Gasteiger partial charge in [-0.15, -0.1) is 0 Å². The highest BCUT2D eigenvalue weighted by atomic mass is 35.5. The summed E-state index contributed by atoms with van der Waals surface area (Å²) in [4.78, 5) is 13.3. The van der Waals surface area contributed by atoms with Crippen LogP contribution in [0.15, 0.2) is 18.2 Å². The summed E-state index contributed by atoms with van der Waals surface area (Å²) in [5.41, 5.74) is 6.29. The van der Waals surface area contributed by atoms with E-state index in [4.69, 9.17) is 28.9 Å². The molecule has 0 aliphatic carbocycles. The van der Waals surface area contributed by atoms with Crippen molar-refractivity contribution in [1.82, 2.24) is 4.90 Å². The predicted molar refractivity (Wildman–Crippen MR) is 71.2 cm³/mol. The molecule has 0 saturated heterocycles. The fourth-order valence-corrected chi connectivity index (χ4v) is 2.08. The number of hydrogen-bond donors (Lipinski definition) is 1. The van der Waals surface area contributed by atoms with Crippen LogP contribution < -0.4 is 5.73 Å². The summed E-state index contributed by atoms with van der Waals surface area (Å²) in [6.07, 6.45) is 1.18. The number of hydrogen-bond acceptors (Lipinski definition) is 2. The Kier molecular flexibility index (Phi) is 5.75. The largest absolute Gasteiger partial charge is 0.341 e. The summed E-state index contributed by atoms with van der Waals surface area (Å²) in [5.74, 6) is 0.0755. The molecule has 94 valence electrons. The van der Waals surface area contributed by atoms with Crippen molar-refractivity contribution in [3.8, 4) is 0 Å². The zero-order valence-electron chi connectivity index (χ0n) is 9.75. The van der Waals surface area contributed by atoms with Crippen LogP contribution in [0.3, 0.4) is 0 Å². The number of halogens is 2. The maximum absolute atomic E-state index is 11.7. The van der Waals surface area contributed by atoms with E-state index in [0.29, 0.717) is 36.0 Å². The standard InChI is InChI=1S/C12H16Cl2N2O/c1-16(12(17)3-2-4-15)8-9-5-10(13)7-11(14)6-9/h5-7H,2-4,8,15H2,1H3. The lowest BCUT2D eigenvalue weighted by molar-refractivity contribution is -0.130. The number of rotatable bonds is 5. The maximum atomic E-state index is 11.7. The second kappa shape index (κ2) is 6.84. The minimum absolute atomic E-state index is 0.0755. The molecule has 3 nitrogen and oxygen atoms in total. The molecular formula is C12H16Cl2N2O. The van der Waals surface area contributed by atoms with Crippen molar-refractivity contribution < 1.29 is 4.79 Å². The highest BCUT2D eigenvalue weighted by Crippen LogP contribution is 2.20. The first kappa shape index (κ1) is 14.3. The van der Waals surface area contributed by atoms with Crippen molar-refractivity contribution in [1.29, 1.82) is 0 Å². The lowest BCUT2D eigenvalue weighted by atomic mass is 10.2. The Bertz CT molecular complexity index is 376. The van der Waals surface area contributed by atoms with E-state index in [-0.39, 0.29) is 5.91 Å². The van der Waals surface area contributed by atoms with Crippen LogP contribution in [0.25, 0.3) is 0 Å². The van der Waals surface area contributed by atoms with Gasteiger partial charge in [0.05, 0.1) is 0 Å². The van der Waals surface area contributed by atoms with Crippen molar-refractivity contribution >= 4 is 29.1 Å². The van der Waals surface area contributed by atoms with E-state index in [1.54, 1.807) is 30.1 Å². The molecule has 17 heavy (non-hydrogen) atoms. The average molecular weight is 275 g/mol. The van der Waals surface area contributed by atoms with Gasteiger partial charge < -0.3 is 10.6 Å². The lowest BCUT2D eigenvalue weighted by Crippen LogP contribution is -2.26. The van der Waals surface area contributed by atoms with Gasteiger partial charge in [-0.1, -0.05) is 23.2 Å². The number of amides is 1. The predicted octanol–water partition coefficient (Wildman–Crippen LogP) is 2.69. The quantitative estimate of drug-likeness (QED) is 0.898. The summed E-state index contributed by atoms with van der Waals surface area (Å²) in [6.45, 7) is 1.03. The number of benzene rings is 1. The van der Waals surface area contributed by atoms with E-state index < -0.39 is 0 Å². The topological polar surface area (TPSA) is 46.3 Å². The van der Waals surface area contributed by atoms with Gasteiger partial charge in [0, 0.05) is 30.1 Å². The van der Waals surface area contributed by atoms with Crippen LogP contribution in [-0.4, -0.2) is 24.4 Å². The molecule has 0 fully saturated rings. The number of carbonyl (C=O) groups excluding carboxylic acids is 1. The molecule has 0 aliphatic rings. The van der Waals surface area contributed by atoms with Gasteiger partial charge in [-0.25, -0.2) is 0 Å². The Hall–Kier alpha value is -0.770. The van der Waals surface area contributed by atoms with Gasteiger partial charge in [-0.05, 0) is 36.7 Å². The third-order valence-corrected chi connectivity index (χ3v) is 2.80. The van der Waals surface area contributed by atoms with Crippen molar-refractivity contribution in [3.05, 3.63) is 33.8 Å². The van der Waals surface area contributed by atoms with Crippen LogP contribution in [0, 0.1) is 0 Å². The molecule has 0 heterocycles. The smallest absolute Gasteiger partial charge is 0.222 e. The molecule has 2 N–H and O–H groups in total. The van der Waals surface area contributed by atoms with Gasteiger partial charge in [0.1, 0.15) is 0 Å². The third-order valence-electron chi connectivity index (χ3n) is 2.36. The van der Waals surface area contributed by atoms with Gasteiger partial charge in [-0.2, -0.15) is 0 Å². The van der Waals surface area contributed by atoms with Crippen LogP contribution in [-0.2, 0) is 11.3 Å². The number of nitrogens with two attached hydrogens (primary N) is 1. The molecule has 1 rings (SSSR count). The minimum Gasteiger partial charge on any atom is -0.341 e. The van der Waals surface area contributed by atoms with Gasteiger partial charge in [0.15, 0.2) is 0 Å². The number of carbonyl (C=O) groups is 1. The Morgan fingerprint density at radius 2 is 1.88 bits per heavy atom. The van der Waals surface area contributed by atoms with Crippen LogP contribution in [0.2, 0.25) is 10.0 Å². The van der Waals surface area contributed by atoms with Gasteiger partial charge in [-0.3, -0.25) is 4.79 Å². The monoisotopic (exact) mass is 274 g/mol. The maximum Gasteiger partial charge on any atom is 0.222 e. The molecule has 0 spiro atoms. The Balaban J connectivity index is 2.60. The second-order valence-electron chi connectivity index (χ2n) is 3.92. The van der Waals surface area contributed by atoms with E-state index in [1.165, 1.54) is 0 Å². The highest BCUT2D eigenvalue weighted by molar-refractivity contribution is 6.34. The summed E-state index contributed by atoms with van der Waals surface area (Å²) >= 11 is 11.8. The second-order valence-corrected chi connectivity index (χ2v) is 4.79. The van der Waals surface area contributed by atoms with Crippen molar-refractivity contribution in [3.63, 3.8) is 0 Å². The fourth-order valence-electron chi connectivity index (χ4n) is 1.51. The first-order chi connectivity index (χ1) is 8.02. The molecule has 1 amide bonds.